The van der Waals surface area contributed by atoms with E-state index in [0.29, 0.717) is 6.42 Å². The van der Waals surface area contributed by atoms with Gasteiger partial charge in [-0.2, -0.15) is 0 Å². The quantitative estimate of drug-likeness (QED) is 0.206. The van der Waals surface area contributed by atoms with Crippen LogP contribution in [0.4, 0.5) is 0 Å². The Hall–Kier alpha value is -1.65. The second kappa shape index (κ2) is 18.2. The molecule has 0 saturated carbocycles. The summed E-state index contributed by atoms with van der Waals surface area (Å²) in [7, 11) is 0. The maximum atomic E-state index is 10.4. The number of unbranched alkanes of at least 4 members (excludes halogenated alkanes) is 5. The monoisotopic (exact) mass is 364 g/mol. The molecule has 0 amide bonds. The summed E-state index contributed by atoms with van der Waals surface area (Å²) in [5.41, 5.74) is 0. The summed E-state index contributed by atoms with van der Waals surface area (Å²) in [6.07, 6.45) is 22.5. The van der Waals surface area contributed by atoms with Gasteiger partial charge in [0.1, 0.15) is 0 Å². The van der Waals surface area contributed by atoms with Gasteiger partial charge in [0.25, 0.3) is 0 Å². The third kappa shape index (κ3) is 17.2. The highest BCUT2D eigenvalue weighted by molar-refractivity contribution is 5.66. The summed E-state index contributed by atoms with van der Waals surface area (Å²) >= 11 is 0. The number of aliphatic hydroxyl groups excluding tert-OH is 2. The van der Waals surface area contributed by atoms with Crippen molar-refractivity contribution in [1.29, 1.82) is 0 Å². The van der Waals surface area contributed by atoms with Crippen LogP contribution in [0.25, 0.3) is 0 Å². The molecule has 0 radical (unpaired) electrons. The zero-order valence-corrected chi connectivity index (χ0v) is 16.1. The van der Waals surface area contributed by atoms with Gasteiger partial charge < -0.3 is 15.3 Å². The zero-order chi connectivity index (χ0) is 19.5. The first-order chi connectivity index (χ1) is 12.6. The Morgan fingerprint density at radius 2 is 1.65 bits per heavy atom. The van der Waals surface area contributed by atoms with Gasteiger partial charge in [-0.25, -0.2) is 0 Å². The van der Waals surface area contributed by atoms with Gasteiger partial charge in [0, 0.05) is 6.42 Å². The molecule has 4 heteroatoms. The molecule has 3 N–H and O–H groups in total. The van der Waals surface area contributed by atoms with Crippen LogP contribution in [0.3, 0.4) is 0 Å². The zero-order valence-electron chi connectivity index (χ0n) is 16.1. The van der Waals surface area contributed by atoms with E-state index in [1.807, 2.05) is 24.3 Å². The molecule has 0 heterocycles. The number of carboxylic acid groups (broad SMARTS) is 1. The lowest BCUT2D eigenvalue weighted by Crippen LogP contribution is -2.23. The topological polar surface area (TPSA) is 77.8 Å². The Labute approximate surface area is 158 Å². The molecule has 148 valence electrons. The third-order valence-electron chi connectivity index (χ3n) is 3.98. The van der Waals surface area contributed by atoms with Crippen molar-refractivity contribution >= 4 is 5.97 Å². The smallest absolute Gasteiger partial charge is 0.303 e. The lowest BCUT2D eigenvalue weighted by Gasteiger charge is -2.13. The van der Waals surface area contributed by atoms with Gasteiger partial charge in [-0.05, 0) is 32.1 Å². The SMILES string of the molecule is CCCCCC(O)C(O)/C=C/C=C/C=C/C/C=C/CCCCCC(=O)O. The predicted molar refractivity (Wildman–Crippen MR) is 108 cm³/mol. The first-order valence-electron chi connectivity index (χ1n) is 9.80. The predicted octanol–water partition coefficient (Wildman–Crippen LogP) is 4.94. The van der Waals surface area contributed by atoms with E-state index >= 15 is 0 Å². The summed E-state index contributed by atoms with van der Waals surface area (Å²) in [6.45, 7) is 2.11. The molecular formula is C22H36O4. The molecule has 0 aromatic carbocycles. The van der Waals surface area contributed by atoms with E-state index in [-0.39, 0.29) is 6.42 Å². The highest BCUT2D eigenvalue weighted by atomic mass is 16.4. The molecule has 0 aromatic heterocycles. The maximum Gasteiger partial charge on any atom is 0.303 e. The Kier molecular flexibility index (Phi) is 17.0. The van der Waals surface area contributed by atoms with Crippen LogP contribution in [0.2, 0.25) is 0 Å². The van der Waals surface area contributed by atoms with Crippen LogP contribution < -0.4 is 0 Å². The first kappa shape index (κ1) is 24.4. The van der Waals surface area contributed by atoms with Crippen molar-refractivity contribution in [3.63, 3.8) is 0 Å². The lowest BCUT2D eigenvalue weighted by atomic mass is 10.1. The van der Waals surface area contributed by atoms with Crippen molar-refractivity contribution in [2.24, 2.45) is 0 Å². The molecule has 0 rings (SSSR count). The van der Waals surface area contributed by atoms with Crippen LogP contribution >= 0.6 is 0 Å². The Morgan fingerprint density at radius 3 is 2.38 bits per heavy atom. The standard InChI is InChI=1S/C22H36O4/c1-2-3-14-17-20(23)21(24)18-15-12-10-8-6-4-5-7-9-11-13-16-19-22(25)26/h5-8,10,12,15,18,20-21,23-24H,2-4,9,11,13-14,16-17,19H2,1H3,(H,25,26)/b7-5+,8-6+,12-10+,18-15+. The van der Waals surface area contributed by atoms with Gasteiger partial charge >= 0.3 is 5.97 Å². The molecule has 0 fully saturated rings. The number of hydrogen-bond acceptors (Lipinski definition) is 3. The molecule has 0 spiro atoms. The van der Waals surface area contributed by atoms with E-state index in [1.165, 1.54) is 0 Å². The van der Waals surface area contributed by atoms with Crippen LogP contribution in [-0.2, 0) is 4.79 Å². The summed E-state index contributed by atoms with van der Waals surface area (Å²) in [5.74, 6) is -0.716. The van der Waals surface area contributed by atoms with Crippen molar-refractivity contribution in [3.8, 4) is 0 Å². The average Bonchev–Trinajstić information content (AvgIpc) is 2.61. The summed E-state index contributed by atoms with van der Waals surface area (Å²) in [4.78, 5) is 10.4. The molecule has 0 bridgehead atoms. The average molecular weight is 365 g/mol. The van der Waals surface area contributed by atoms with Gasteiger partial charge in [-0.15, -0.1) is 0 Å². The Balaban J connectivity index is 3.71. The van der Waals surface area contributed by atoms with Crippen molar-refractivity contribution < 1.29 is 20.1 Å². The molecule has 0 saturated heterocycles. The molecule has 4 nitrogen and oxygen atoms in total. The third-order valence-corrected chi connectivity index (χ3v) is 3.98. The van der Waals surface area contributed by atoms with Crippen LogP contribution in [0.1, 0.15) is 71.1 Å². The lowest BCUT2D eigenvalue weighted by molar-refractivity contribution is -0.137. The van der Waals surface area contributed by atoms with Crippen LogP contribution in [0, 0.1) is 0 Å². The number of aliphatic carboxylic acids is 1. The number of allylic oxidation sites excluding steroid dienone is 7. The maximum absolute atomic E-state index is 10.4. The highest BCUT2D eigenvalue weighted by Crippen LogP contribution is 2.08. The summed E-state index contributed by atoms with van der Waals surface area (Å²) in [6, 6.07) is 0. The Bertz CT molecular complexity index is 449. The van der Waals surface area contributed by atoms with E-state index in [0.717, 1.165) is 51.4 Å². The molecule has 2 unspecified atom stereocenters. The van der Waals surface area contributed by atoms with E-state index in [2.05, 4.69) is 19.1 Å². The van der Waals surface area contributed by atoms with Gasteiger partial charge in [-0.3, -0.25) is 4.79 Å². The minimum absolute atomic E-state index is 0.266. The van der Waals surface area contributed by atoms with Crippen LogP contribution in [-0.4, -0.2) is 33.5 Å². The number of carboxylic acids is 1. The van der Waals surface area contributed by atoms with E-state index in [1.54, 1.807) is 12.2 Å². The van der Waals surface area contributed by atoms with E-state index < -0.39 is 18.2 Å². The fourth-order valence-electron chi connectivity index (χ4n) is 2.37. The normalized spacial score (nSPS) is 14.9. The molecule has 0 aliphatic rings. The second-order valence-corrected chi connectivity index (χ2v) is 6.45. The van der Waals surface area contributed by atoms with E-state index in [4.69, 9.17) is 5.11 Å². The van der Waals surface area contributed by atoms with Gasteiger partial charge in [0.15, 0.2) is 0 Å². The van der Waals surface area contributed by atoms with Crippen LogP contribution in [0.5, 0.6) is 0 Å². The minimum Gasteiger partial charge on any atom is -0.481 e. The van der Waals surface area contributed by atoms with Crippen molar-refractivity contribution in [2.75, 3.05) is 0 Å². The van der Waals surface area contributed by atoms with Crippen molar-refractivity contribution in [3.05, 3.63) is 48.6 Å². The molecule has 2 atom stereocenters. The number of aliphatic hydroxyl groups is 2. The molecule has 0 aromatic rings. The number of hydrogen-bond donors (Lipinski definition) is 3. The first-order valence-corrected chi connectivity index (χ1v) is 9.80. The molecule has 0 aliphatic carbocycles. The fourth-order valence-corrected chi connectivity index (χ4v) is 2.37. The highest BCUT2D eigenvalue weighted by Gasteiger charge is 2.11. The van der Waals surface area contributed by atoms with Crippen molar-refractivity contribution in [2.45, 2.75) is 83.3 Å². The van der Waals surface area contributed by atoms with E-state index in [9.17, 15) is 15.0 Å². The van der Waals surface area contributed by atoms with Gasteiger partial charge in [0.2, 0.25) is 0 Å². The largest absolute Gasteiger partial charge is 0.481 e. The molecular weight excluding hydrogens is 328 g/mol. The van der Waals surface area contributed by atoms with Gasteiger partial charge in [0.05, 0.1) is 12.2 Å². The molecule has 26 heavy (non-hydrogen) atoms. The minimum atomic E-state index is -0.807. The van der Waals surface area contributed by atoms with Crippen LogP contribution in [0.15, 0.2) is 48.6 Å². The molecule has 0 aliphatic heterocycles. The summed E-state index contributed by atoms with van der Waals surface area (Å²) < 4.78 is 0. The van der Waals surface area contributed by atoms with Crippen molar-refractivity contribution in [1.82, 2.24) is 0 Å². The second-order valence-electron chi connectivity index (χ2n) is 6.45. The Morgan fingerprint density at radius 1 is 0.885 bits per heavy atom. The fraction of sp³-hybridized carbons (Fsp3) is 0.591. The summed E-state index contributed by atoms with van der Waals surface area (Å²) in [5, 5.41) is 28.1. The number of carbonyl (C=O) groups is 1. The van der Waals surface area contributed by atoms with Gasteiger partial charge in [-0.1, -0.05) is 81.2 Å². The number of rotatable bonds is 16.